The summed E-state index contributed by atoms with van der Waals surface area (Å²) in [6.07, 6.45) is -1.15. The van der Waals surface area contributed by atoms with Crippen LogP contribution in [-0.2, 0) is 6.18 Å². The van der Waals surface area contributed by atoms with Gasteiger partial charge in [-0.05, 0) is 36.4 Å². The Balaban J connectivity index is 1.41. The standard InChI is InChI=1S/C24H13ClF3N7O2/c25-16-10-12(4-6-19(16)35-29-8-9-30-35)32-23(37)15-11-31-34(21(15)24(26,27)28)18-7-5-17-20-13(18)2-1-3-14(20)22(36)33-17/h1-11H,(H,32,37)(H,33,36). The van der Waals surface area contributed by atoms with E-state index >= 15 is 0 Å². The first-order valence-corrected chi connectivity index (χ1v) is 11.1. The molecule has 3 heterocycles. The Bertz CT molecular complexity index is 1730. The van der Waals surface area contributed by atoms with Crippen LogP contribution in [0.4, 0.5) is 24.5 Å². The molecule has 0 spiro atoms. The van der Waals surface area contributed by atoms with Crippen molar-refractivity contribution >= 4 is 45.6 Å². The van der Waals surface area contributed by atoms with Gasteiger partial charge in [-0.15, -0.1) is 0 Å². The van der Waals surface area contributed by atoms with Gasteiger partial charge in [0.25, 0.3) is 11.8 Å². The Morgan fingerprint density at radius 2 is 1.76 bits per heavy atom. The number of amides is 2. The van der Waals surface area contributed by atoms with Gasteiger partial charge >= 0.3 is 6.18 Å². The summed E-state index contributed by atoms with van der Waals surface area (Å²) in [6, 6.07) is 12.0. The van der Waals surface area contributed by atoms with E-state index in [0.717, 1.165) is 6.20 Å². The molecule has 0 fully saturated rings. The van der Waals surface area contributed by atoms with Gasteiger partial charge in [0.15, 0.2) is 5.69 Å². The number of hydrogen-bond donors (Lipinski definition) is 2. The van der Waals surface area contributed by atoms with Crippen molar-refractivity contribution in [1.29, 1.82) is 0 Å². The van der Waals surface area contributed by atoms with Crippen LogP contribution in [0.15, 0.2) is 67.1 Å². The van der Waals surface area contributed by atoms with E-state index in [4.69, 9.17) is 11.6 Å². The third kappa shape index (κ3) is 3.69. The molecule has 5 aromatic rings. The van der Waals surface area contributed by atoms with Crippen LogP contribution >= 0.6 is 11.6 Å². The molecule has 2 aromatic heterocycles. The molecule has 37 heavy (non-hydrogen) atoms. The molecule has 9 nitrogen and oxygen atoms in total. The Hall–Kier alpha value is -4.71. The molecular formula is C24H13ClF3N7O2. The van der Waals surface area contributed by atoms with E-state index in [0.29, 0.717) is 32.4 Å². The molecule has 1 aliphatic rings. The lowest BCUT2D eigenvalue weighted by atomic mass is 10.0. The average molecular weight is 524 g/mol. The zero-order valence-electron chi connectivity index (χ0n) is 18.4. The quantitative estimate of drug-likeness (QED) is 0.341. The van der Waals surface area contributed by atoms with Crippen molar-refractivity contribution in [3.8, 4) is 11.4 Å². The summed E-state index contributed by atoms with van der Waals surface area (Å²) in [5, 5.41) is 18.0. The largest absolute Gasteiger partial charge is 0.434 e. The van der Waals surface area contributed by atoms with Crippen LogP contribution in [0.25, 0.3) is 22.1 Å². The number of halogens is 4. The monoisotopic (exact) mass is 523 g/mol. The first-order valence-electron chi connectivity index (χ1n) is 10.7. The number of nitrogens with zero attached hydrogens (tertiary/aromatic N) is 5. The molecule has 1 aliphatic heterocycles. The minimum atomic E-state index is -4.92. The van der Waals surface area contributed by atoms with Crippen LogP contribution < -0.4 is 10.6 Å². The van der Waals surface area contributed by atoms with E-state index in [9.17, 15) is 22.8 Å². The van der Waals surface area contributed by atoms with Crippen LogP contribution in [0, 0.1) is 0 Å². The minimum Gasteiger partial charge on any atom is -0.322 e. The first-order chi connectivity index (χ1) is 17.7. The molecule has 184 valence electrons. The number of alkyl halides is 3. The van der Waals surface area contributed by atoms with Crippen LogP contribution in [0.1, 0.15) is 26.4 Å². The van der Waals surface area contributed by atoms with Gasteiger partial charge in [-0.1, -0.05) is 23.7 Å². The summed E-state index contributed by atoms with van der Waals surface area (Å²) in [5.74, 6) is -1.37. The zero-order chi connectivity index (χ0) is 25.9. The molecule has 0 radical (unpaired) electrons. The molecule has 0 aliphatic carbocycles. The molecule has 2 amide bonds. The van der Waals surface area contributed by atoms with Crippen LogP contribution in [0.2, 0.25) is 5.02 Å². The number of nitrogens with one attached hydrogen (secondary N) is 2. The maximum atomic E-state index is 14.3. The van der Waals surface area contributed by atoms with Crippen LogP contribution in [0.5, 0.6) is 0 Å². The lowest BCUT2D eigenvalue weighted by Gasteiger charge is -2.15. The highest BCUT2D eigenvalue weighted by molar-refractivity contribution is 6.32. The molecule has 3 aromatic carbocycles. The average Bonchev–Trinajstić information content (AvgIpc) is 3.60. The predicted octanol–water partition coefficient (Wildman–Crippen LogP) is 5.10. The molecule has 0 atom stereocenters. The smallest absolute Gasteiger partial charge is 0.322 e. The van der Waals surface area contributed by atoms with Gasteiger partial charge in [0.2, 0.25) is 0 Å². The Morgan fingerprint density at radius 3 is 2.49 bits per heavy atom. The molecular weight excluding hydrogens is 511 g/mol. The number of carbonyl (C=O) groups is 2. The van der Waals surface area contributed by atoms with E-state index in [1.165, 1.54) is 47.5 Å². The highest BCUT2D eigenvalue weighted by atomic mass is 35.5. The molecule has 13 heteroatoms. The summed E-state index contributed by atoms with van der Waals surface area (Å²) < 4.78 is 43.5. The van der Waals surface area contributed by atoms with Crippen LogP contribution in [-0.4, -0.2) is 36.6 Å². The molecule has 0 saturated carbocycles. The Kier molecular flexibility index (Phi) is 5.02. The SMILES string of the molecule is O=C(Nc1ccc(-n2nccn2)c(Cl)c1)c1cnn(-c2ccc3c4c(cccc24)C(=O)N3)c1C(F)(F)F. The molecule has 6 rings (SSSR count). The van der Waals surface area contributed by atoms with Gasteiger partial charge in [-0.2, -0.15) is 33.3 Å². The molecule has 0 bridgehead atoms. The van der Waals surface area contributed by atoms with Crippen molar-refractivity contribution in [1.82, 2.24) is 24.8 Å². The molecule has 2 N–H and O–H groups in total. The minimum absolute atomic E-state index is 0.0718. The highest BCUT2D eigenvalue weighted by Gasteiger charge is 2.41. The van der Waals surface area contributed by atoms with E-state index in [2.05, 4.69) is 25.9 Å². The fourth-order valence-corrected chi connectivity index (χ4v) is 4.57. The maximum absolute atomic E-state index is 14.3. The second-order valence-corrected chi connectivity index (χ2v) is 8.48. The van der Waals surface area contributed by atoms with Crippen molar-refractivity contribution in [3.05, 3.63) is 89.0 Å². The second-order valence-electron chi connectivity index (χ2n) is 8.07. The number of rotatable bonds is 4. The van der Waals surface area contributed by atoms with E-state index in [-0.39, 0.29) is 22.3 Å². The summed E-state index contributed by atoms with van der Waals surface area (Å²) in [7, 11) is 0. The van der Waals surface area contributed by atoms with E-state index in [1.807, 2.05) is 0 Å². The number of benzene rings is 3. The van der Waals surface area contributed by atoms with Gasteiger partial charge < -0.3 is 10.6 Å². The van der Waals surface area contributed by atoms with Gasteiger partial charge in [-0.25, -0.2) is 4.68 Å². The van der Waals surface area contributed by atoms with Crippen LogP contribution in [0.3, 0.4) is 0 Å². The highest BCUT2D eigenvalue weighted by Crippen LogP contribution is 2.39. The summed E-state index contributed by atoms with van der Waals surface area (Å²) in [5.41, 5.74) is -0.439. The van der Waals surface area contributed by atoms with Crippen molar-refractivity contribution in [3.63, 3.8) is 0 Å². The zero-order valence-corrected chi connectivity index (χ0v) is 19.2. The number of aromatic nitrogens is 5. The summed E-state index contributed by atoms with van der Waals surface area (Å²) in [6.45, 7) is 0. The number of hydrogen-bond acceptors (Lipinski definition) is 5. The Labute approximate surface area is 210 Å². The number of carbonyl (C=O) groups excluding carboxylic acids is 2. The van der Waals surface area contributed by atoms with Gasteiger partial charge in [0, 0.05) is 27.7 Å². The lowest BCUT2D eigenvalue weighted by molar-refractivity contribution is -0.143. The summed E-state index contributed by atoms with van der Waals surface area (Å²) in [4.78, 5) is 26.5. The third-order valence-electron chi connectivity index (χ3n) is 5.86. The van der Waals surface area contributed by atoms with E-state index in [1.54, 1.807) is 18.2 Å². The Morgan fingerprint density at radius 1 is 1.00 bits per heavy atom. The molecule has 0 saturated heterocycles. The van der Waals surface area contributed by atoms with Gasteiger partial charge in [-0.3, -0.25) is 9.59 Å². The normalized spacial score (nSPS) is 12.7. The second kappa shape index (κ2) is 8.17. The van der Waals surface area contributed by atoms with Crippen molar-refractivity contribution in [2.75, 3.05) is 10.6 Å². The third-order valence-corrected chi connectivity index (χ3v) is 6.16. The topological polar surface area (TPSA) is 107 Å². The summed E-state index contributed by atoms with van der Waals surface area (Å²) >= 11 is 6.26. The number of anilines is 2. The van der Waals surface area contributed by atoms with Gasteiger partial charge in [0.05, 0.1) is 34.9 Å². The fraction of sp³-hybridized carbons (Fsp3) is 0.0417. The maximum Gasteiger partial charge on any atom is 0.434 e. The van der Waals surface area contributed by atoms with Crippen molar-refractivity contribution in [2.24, 2.45) is 0 Å². The van der Waals surface area contributed by atoms with Crippen molar-refractivity contribution in [2.45, 2.75) is 6.18 Å². The lowest BCUT2D eigenvalue weighted by Crippen LogP contribution is -2.21. The predicted molar refractivity (Wildman–Crippen MR) is 128 cm³/mol. The fourth-order valence-electron chi connectivity index (χ4n) is 4.31. The van der Waals surface area contributed by atoms with Gasteiger partial charge in [0.1, 0.15) is 5.69 Å². The first kappa shape index (κ1) is 22.7. The van der Waals surface area contributed by atoms with Crippen molar-refractivity contribution < 1.29 is 22.8 Å². The van der Waals surface area contributed by atoms with E-state index < -0.39 is 23.3 Å². The molecule has 0 unspecified atom stereocenters.